The van der Waals surface area contributed by atoms with Gasteiger partial charge < -0.3 is 14.8 Å². The summed E-state index contributed by atoms with van der Waals surface area (Å²) < 4.78 is 40.8. The predicted molar refractivity (Wildman–Crippen MR) is 150 cm³/mol. The lowest BCUT2D eigenvalue weighted by atomic mass is 10.1. The highest BCUT2D eigenvalue weighted by Gasteiger charge is 2.23. The van der Waals surface area contributed by atoms with Crippen molar-refractivity contribution in [2.24, 2.45) is 0 Å². The third kappa shape index (κ3) is 7.08. The molecule has 206 valence electrons. The molecule has 0 saturated carbocycles. The zero-order valence-corrected chi connectivity index (χ0v) is 23.7. The molecule has 2 N–H and O–H groups in total. The van der Waals surface area contributed by atoms with Crippen molar-refractivity contribution in [3.63, 3.8) is 0 Å². The lowest BCUT2D eigenvalue weighted by molar-refractivity contribution is -0.140. The van der Waals surface area contributed by atoms with Crippen molar-refractivity contribution < 1.29 is 27.5 Å². The van der Waals surface area contributed by atoms with E-state index in [0.717, 1.165) is 22.5 Å². The van der Waals surface area contributed by atoms with Crippen molar-refractivity contribution in [1.82, 2.24) is 15.1 Å². The highest BCUT2D eigenvalue weighted by atomic mass is 35.5. The van der Waals surface area contributed by atoms with Crippen LogP contribution in [-0.2, 0) is 37.4 Å². The zero-order chi connectivity index (χ0) is 28.0. The van der Waals surface area contributed by atoms with E-state index in [-0.39, 0.29) is 34.7 Å². The van der Waals surface area contributed by atoms with Gasteiger partial charge in [0.05, 0.1) is 36.0 Å². The molecule has 39 heavy (non-hydrogen) atoms. The molecule has 2 aromatic carbocycles. The Morgan fingerprint density at radius 2 is 1.82 bits per heavy atom. The van der Waals surface area contributed by atoms with Crippen LogP contribution in [0, 0.1) is 0 Å². The quantitative estimate of drug-likeness (QED) is 0.231. The molecule has 2 heterocycles. The minimum Gasteiger partial charge on any atom is -0.496 e. The minimum atomic E-state index is -3.92. The Labute approximate surface area is 234 Å². The summed E-state index contributed by atoms with van der Waals surface area (Å²) in [4.78, 5) is 23.3. The first kappa shape index (κ1) is 28.4. The molecule has 0 unspecified atom stereocenters. The number of halogens is 1. The van der Waals surface area contributed by atoms with Crippen LogP contribution >= 0.6 is 22.9 Å². The molecule has 13 heteroatoms. The van der Waals surface area contributed by atoms with Gasteiger partial charge in [0.2, 0.25) is 5.91 Å². The Bertz CT molecular complexity index is 1600. The number of carbonyl (C=O) groups is 2. The van der Waals surface area contributed by atoms with E-state index in [0.29, 0.717) is 40.5 Å². The maximum atomic E-state index is 13.0. The van der Waals surface area contributed by atoms with Crippen LogP contribution in [-0.4, -0.2) is 44.3 Å². The highest BCUT2D eigenvalue weighted by molar-refractivity contribution is 7.94. The van der Waals surface area contributed by atoms with Gasteiger partial charge in [0.1, 0.15) is 9.96 Å². The molecule has 0 radical (unpaired) electrons. The van der Waals surface area contributed by atoms with Gasteiger partial charge in [0.25, 0.3) is 10.0 Å². The Hall–Kier alpha value is -3.61. The molecular formula is C26H27ClN4O6S2. The maximum Gasteiger partial charge on any atom is 0.305 e. The predicted octanol–water partition coefficient (Wildman–Crippen LogP) is 4.57. The summed E-state index contributed by atoms with van der Waals surface area (Å²) in [5.41, 5.74) is 2.47. The molecule has 0 fully saturated rings. The number of fused-ring (bicyclic) bond motifs is 1. The van der Waals surface area contributed by atoms with E-state index in [9.17, 15) is 18.0 Å². The van der Waals surface area contributed by atoms with Gasteiger partial charge in [0.15, 0.2) is 5.82 Å². The summed E-state index contributed by atoms with van der Waals surface area (Å²) >= 11 is 6.90. The van der Waals surface area contributed by atoms with Crippen LogP contribution in [0.3, 0.4) is 0 Å². The third-order valence-electron chi connectivity index (χ3n) is 5.83. The van der Waals surface area contributed by atoms with E-state index >= 15 is 0 Å². The lowest BCUT2D eigenvalue weighted by Gasteiger charge is -2.09. The van der Waals surface area contributed by atoms with Gasteiger partial charge in [-0.3, -0.25) is 19.0 Å². The second-order valence-electron chi connectivity index (χ2n) is 8.55. The molecule has 1 amide bonds. The summed E-state index contributed by atoms with van der Waals surface area (Å²) in [7, 11) is -1.09. The SMILES string of the molecule is COC(=O)CCCC(=O)NCc1cccc(Cn2nc(NS(=O)(=O)c3ccc(Cl)s3)c3c(OC)cccc32)c1. The van der Waals surface area contributed by atoms with Crippen LogP contribution in [0.1, 0.15) is 30.4 Å². The van der Waals surface area contributed by atoms with Gasteiger partial charge in [-0.25, -0.2) is 8.42 Å². The van der Waals surface area contributed by atoms with Crippen molar-refractivity contribution in [1.29, 1.82) is 0 Å². The van der Waals surface area contributed by atoms with Gasteiger partial charge in [-0.15, -0.1) is 11.3 Å². The van der Waals surface area contributed by atoms with Crippen molar-refractivity contribution in [3.05, 3.63) is 70.1 Å². The van der Waals surface area contributed by atoms with Gasteiger partial charge in [-0.2, -0.15) is 5.10 Å². The van der Waals surface area contributed by atoms with Gasteiger partial charge >= 0.3 is 5.97 Å². The topological polar surface area (TPSA) is 129 Å². The average Bonchev–Trinajstić information content (AvgIpc) is 3.51. The number of nitrogens with zero attached hydrogens (tertiary/aromatic N) is 2. The van der Waals surface area contributed by atoms with Gasteiger partial charge in [-0.05, 0) is 41.8 Å². The van der Waals surface area contributed by atoms with Crippen LogP contribution < -0.4 is 14.8 Å². The van der Waals surface area contributed by atoms with E-state index in [2.05, 4.69) is 19.9 Å². The summed E-state index contributed by atoms with van der Waals surface area (Å²) in [6.07, 6.45) is 0.841. The fourth-order valence-corrected chi connectivity index (χ4v) is 6.47. The number of thiophene rings is 1. The molecular weight excluding hydrogens is 564 g/mol. The molecule has 0 atom stereocenters. The van der Waals surface area contributed by atoms with Crippen molar-refractivity contribution in [3.8, 4) is 5.75 Å². The van der Waals surface area contributed by atoms with E-state index in [1.807, 2.05) is 36.4 Å². The Morgan fingerprint density at radius 3 is 2.54 bits per heavy atom. The number of rotatable bonds is 12. The highest BCUT2D eigenvalue weighted by Crippen LogP contribution is 2.35. The van der Waals surface area contributed by atoms with Gasteiger partial charge in [-0.1, -0.05) is 41.9 Å². The van der Waals surface area contributed by atoms with Crippen LogP contribution in [0.2, 0.25) is 4.34 Å². The van der Waals surface area contributed by atoms with E-state index in [1.165, 1.54) is 26.4 Å². The fourth-order valence-electron chi connectivity index (χ4n) is 3.97. The van der Waals surface area contributed by atoms with Crippen molar-refractivity contribution in [2.45, 2.75) is 36.6 Å². The number of amides is 1. The summed E-state index contributed by atoms with van der Waals surface area (Å²) in [5.74, 6) is 0.122. The first-order valence-electron chi connectivity index (χ1n) is 11.9. The number of ether oxygens (including phenoxy) is 2. The number of nitrogens with one attached hydrogen (secondary N) is 2. The fraction of sp³-hybridized carbons (Fsp3) is 0.269. The molecule has 4 aromatic rings. The molecule has 0 spiro atoms. The monoisotopic (exact) mass is 590 g/mol. The number of methoxy groups -OCH3 is 2. The number of carbonyl (C=O) groups excluding carboxylic acids is 2. The lowest BCUT2D eigenvalue weighted by Crippen LogP contribution is -2.22. The molecule has 4 rings (SSSR count). The number of esters is 1. The van der Waals surface area contributed by atoms with Crippen LogP contribution in [0.15, 0.2) is 58.8 Å². The van der Waals surface area contributed by atoms with Gasteiger partial charge in [0, 0.05) is 19.4 Å². The number of hydrogen-bond acceptors (Lipinski definition) is 8. The normalized spacial score (nSPS) is 11.4. The van der Waals surface area contributed by atoms with Crippen LogP contribution in [0.5, 0.6) is 5.75 Å². The summed E-state index contributed by atoms with van der Waals surface area (Å²) in [5, 5.41) is 7.97. The third-order valence-corrected chi connectivity index (χ3v) is 8.89. The molecule has 2 aromatic heterocycles. The molecule has 10 nitrogen and oxygen atoms in total. The summed E-state index contributed by atoms with van der Waals surface area (Å²) in [6.45, 7) is 0.671. The maximum absolute atomic E-state index is 13.0. The first-order chi connectivity index (χ1) is 18.7. The van der Waals surface area contributed by atoms with E-state index in [4.69, 9.17) is 16.3 Å². The van der Waals surface area contributed by atoms with E-state index in [1.54, 1.807) is 10.7 Å². The van der Waals surface area contributed by atoms with Crippen LogP contribution in [0.4, 0.5) is 5.82 Å². The zero-order valence-electron chi connectivity index (χ0n) is 21.3. The van der Waals surface area contributed by atoms with Crippen molar-refractivity contribution in [2.75, 3.05) is 18.9 Å². The molecule has 0 aliphatic rings. The molecule has 0 aliphatic heterocycles. The Kier molecular flexibility index (Phi) is 9.10. The minimum absolute atomic E-state index is 0.0742. The largest absolute Gasteiger partial charge is 0.496 e. The molecule has 0 saturated heterocycles. The number of sulfonamides is 1. The molecule has 0 aliphatic carbocycles. The number of anilines is 1. The van der Waals surface area contributed by atoms with Crippen LogP contribution in [0.25, 0.3) is 10.9 Å². The second-order valence-corrected chi connectivity index (χ2v) is 12.2. The molecule has 0 bridgehead atoms. The number of aromatic nitrogens is 2. The number of hydrogen-bond donors (Lipinski definition) is 2. The average molecular weight is 591 g/mol. The first-order valence-corrected chi connectivity index (χ1v) is 14.6. The second kappa shape index (κ2) is 12.5. The summed E-state index contributed by atoms with van der Waals surface area (Å²) in [6, 6.07) is 16.0. The van der Waals surface area contributed by atoms with E-state index < -0.39 is 10.0 Å². The smallest absolute Gasteiger partial charge is 0.305 e. The Morgan fingerprint density at radius 1 is 1.05 bits per heavy atom. The number of benzene rings is 2. The standard InChI is InChI=1S/C26H27ClN4O6S2/c1-36-20-9-4-8-19-25(20)26(30-39(34,35)24-13-12-21(27)38-24)29-31(19)16-18-7-3-6-17(14-18)15-28-22(32)10-5-11-23(33)37-2/h3-4,6-9,12-14H,5,10-11,15-16H2,1-2H3,(H,28,32)(H,29,30). The van der Waals surface area contributed by atoms with Crippen molar-refractivity contribution >= 4 is 61.6 Å². The Balaban J connectivity index is 1.53.